The maximum atomic E-state index is 12.0. The lowest BCUT2D eigenvalue weighted by molar-refractivity contribution is -0.384. The zero-order chi connectivity index (χ0) is 18.2. The van der Waals surface area contributed by atoms with E-state index in [2.05, 4.69) is 10.6 Å². The minimum atomic E-state index is -0.652. The summed E-state index contributed by atoms with van der Waals surface area (Å²) in [4.78, 5) is 22.2. The van der Waals surface area contributed by atoms with E-state index in [4.69, 9.17) is 0 Å². The fourth-order valence-corrected chi connectivity index (χ4v) is 2.37. The summed E-state index contributed by atoms with van der Waals surface area (Å²) in [5.74, 6) is -0.126. The molecule has 2 aromatic rings. The van der Waals surface area contributed by atoms with Gasteiger partial charge in [-0.1, -0.05) is 18.2 Å². The SMILES string of the molecule is CC(O)c1ccccc1NC(=O)CCCNc1ccc([N+](=O)[O-])cc1. The normalized spacial score (nSPS) is 11.6. The molecular weight excluding hydrogens is 322 g/mol. The van der Waals surface area contributed by atoms with E-state index < -0.39 is 11.0 Å². The Morgan fingerprint density at radius 3 is 2.52 bits per heavy atom. The monoisotopic (exact) mass is 343 g/mol. The topological polar surface area (TPSA) is 104 Å². The van der Waals surface area contributed by atoms with Gasteiger partial charge in [-0.25, -0.2) is 0 Å². The van der Waals surface area contributed by atoms with Crippen molar-refractivity contribution in [3.63, 3.8) is 0 Å². The summed E-state index contributed by atoms with van der Waals surface area (Å²) < 4.78 is 0. The number of nitrogens with zero attached hydrogens (tertiary/aromatic N) is 1. The third-order valence-electron chi connectivity index (χ3n) is 3.67. The number of aliphatic hydroxyl groups is 1. The largest absolute Gasteiger partial charge is 0.389 e. The van der Waals surface area contributed by atoms with Gasteiger partial charge in [0.1, 0.15) is 0 Å². The van der Waals surface area contributed by atoms with Crippen molar-refractivity contribution in [3.05, 3.63) is 64.2 Å². The van der Waals surface area contributed by atoms with Crippen LogP contribution in [-0.2, 0) is 4.79 Å². The van der Waals surface area contributed by atoms with Crippen LogP contribution in [0.1, 0.15) is 31.4 Å². The van der Waals surface area contributed by atoms with Gasteiger partial charge in [0.25, 0.3) is 5.69 Å². The maximum Gasteiger partial charge on any atom is 0.269 e. The average molecular weight is 343 g/mol. The molecule has 0 aromatic heterocycles. The predicted molar refractivity (Wildman–Crippen MR) is 96.5 cm³/mol. The van der Waals surface area contributed by atoms with Crippen molar-refractivity contribution < 1.29 is 14.8 Å². The Morgan fingerprint density at radius 2 is 1.88 bits per heavy atom. The molecule has 0 fully saturated rings. The Labute approximate surface area is 145 Å². The lowest BCUT2D eigenvalue weighted by atomic mass is 10.1. The van der Waals surface area contributed by atoms with E-state index in [0.29, 0.717) is 30.6 Å². The van der Waals surface area contributed by atoms with Gasteiger partial charge in [-0.05, 0) is 31.5 Å². The van der Waals surface area contributed by atoms with Gasteiger partial charge in [0.15, 0.2) is 0 Å². The number of benzene rings is 2. The highest BCUT2D eigenvalue weighted by molar-refractivity contribution is 5.91. The number of nitrogens with one attached hydrogen (secondary N) is 2. The van der Waals surface area contributed by atoms with E-state index in [-0.39, 0.29) is 11.6 Å². The van der Waals surface area contributed by atoms with Crippen LogP contribution in [-0.4, -0.2) is 22.5 Å². The zero-order valence-electron chi connectivity index (χ0n) is 13.9. The van der Waals surface area contributed by atoms with Crippen LogP contribution in [0, 0.1) is 10.1 Å². The Balaban J connectivity index is 1.76. The lowest BCUT2D eigenvalue weighted by Gasteiger charge is -2.13. The summed E-state index contributed by atoms with van der Waals surface area (Å²) in [6.45, 7) is 2.22. The maximum absolute atomic E-state index is 12.0. The molecular formula is C18H21N3O4. The first-order chi connectivity index (χ1) is 12.0. The van der Waals surface area contributed by atoms with E-state index in [1.807, 2.05) is 6.07 Å². The molecule has 0 bridgehead atoms. The molecule has 25 heavy (non-hydrogen) atoms. The Bertz CT molecular complexity index is 729. The molecule has 1 amide bonds. The van der Waals surface area contributed by atoms with E-state index in [1.165, 1.54) is 12.1 Å². The van der Waals surface area contributed by atoms with Crippen LogP contribution in [0.25, 0.3) is 0 Å². The zero-order valence-corrected chi connectivity index (χ0v) is 13.9. The molecule has 132 valence electrons. The highest BCUT2D eigenvalue weighted by atomic mass is 16.6. The van der Waals surface area contributed by atoms with Crippen molar-refractivity contribution in [1.29, 1.82) is 0 Å². The van der Waals surface area contributed by atoms with Gasteiger partial charge in [-0.15, -0.1) is 0 Å². The first kappa shape index (κ1) is 18.4. The number of carbonyl (C=O) groups is 1. The molecule has 7 nitrogen and oxygen atoms in total. The lowest BCUT2D eigenvalue weighted by Crippen LogP contribution is -2.15. The standard InChI is InChI=1S/C18H21N3O4/c1-13(22)16-5-2-3-6-17(16)20-18(23)7-4-12-19-14-8-10-15(11-9-14)21(24)25/h2-3,5-6,8-11,13,19,22H,4,7,12H2,1H3,(H,20,23). The molecule has 0 saturated carbocycles. The highest BCUT2D eigenvalue weighted by Crippen LogP contribution is 2.22. The van der Waals surface area contributed by atoms with Gasteiger partial charge in [0.05, 0.1) is 11.0 Å². The number of aliphatic hydroxyl groups excluding tert-OH is 1. The number of hydrogen-bond donors (Lipinski definition) is 3. The van der Waals surface area contributed by atoms with E-state index in [0.717, 1.165) is 5.69 Å². The first-order valence-corrected chi connectivity index (χ1v) is 8.02. The van der Waals surface area contributed by atoms with Crippen molar-refractivity contribution in [1.82, 2.24) is 0 Å². The third-order valence-corrected chi connectivity index (χ3v) is 3.67. The van der Waals surface area contributed by atoms with Crippen molar-refractivity contribution >= 4 is 23.0 Å². The van der Waals surface area contributed by atoms with Gasteiger partial charge in [-0.2, -0.15) is 0 Å². The fraction of sp³-hybridized carbons (Fsp3) is 0.278. The van der Waals surface area contributed by atoms with Crippen LogP contribution < -0.4 is 10.6 Å². The highest BCUT2D eigenvalue weighted by Gasteiger charge is 2.10. The van der Waals surface area contributed by atoms with Crippen LogP contribution >= 0.6 is 0 Å². The van der Waals surface area contributed by atoms with Gasteiger partial charge in [0, 0.05) is 42.0 Å². The second kappa shape index (κ2) is 8.79. The van der Waals surface area contributed by atoms with Crippen LogP contribution in [0.2, 0.25) is 0 Å². The molecule has 1 unspecified atom stereocenters. The van der Waals surface area contributed by atoms with Crippen molar-refractivity contribution in [2.75, 3.05) is 17.2 Å². The van der Waals surface area contributed by atoms with Gasteiger partial charge in [0.2, 0.25) is 5.91 Å². The molecule has 1 atom stereocenters. The molecule has 3 N–H and O–H groups in total. The molecule has 0 heterocycles. The third kappa shape index (κ3) is 5.58. The number of nitro benzene ring substituents is 1. The molecule has 0 saturated heterocycles. The second-order valence-electron chi connectivity index (χ2n) is 5.65. The second-order valence-corrected chi connectivity index (χ2v) is 5.65. The number of carbonyl (C=O) groups excluding carboxylic acids is 1. The van der Waals surface area contributed by atoms with Gasteiger partial charge >= 0.3 is 0 Å². The van der Waals surface area contributed by atoms with Crippen molar-refractivity contribution in [2.24, 2.45) is 0 Å². The Morgan fingerprint density at radius 1 is 1.20 bits per heavy atom. The summed E-state index contributed by atoms with van der Waals surface area (Å²) in [6, 6.07) is 13.3. The van der Waals surface area contributed by atoms with E-state index >= 15 is 0 Å². The number of anilines is 2. The summed E-state index contributed by atoms with van der Waals surface area (Å²) >= 11 is 0. The van der Waals surface area contributed by atoms with Crippen LogP contribution in [0.5, 0.6) is 0 Å². The van der Waals surface area contributed by atoms with Gasteiger partial charge in [-0.3, -0.25) is 14.9 Å². The number of hydrogen-bond acceptors (Lipinski definition) is 5. The molecule has 0 radical (unpaired) electrons. The molecule has 2 rings (SSSR count). The minimum absolute atomic E-state index is 0.0432. The van der Waals surface area contributed by atoms with Crippen molar-refractivity contribution in [2.45, 2.75) is 25.9 Å². The van der Waals surface area contributed by atoms with Gasteiger partial charge < -0.3 is 15.7 Å². The van der Waals surface area contributed by atoms with Crippen molar-refractivity contribution in [3.8, 4) is 0 Å². The summed E-state index contributed by atoms with van der Waals surface area (Å²) in [5, 5.41) is 26.2. The number of amides is 1. The summed E-state index contributed by atoms with van der Waals surface area (Å²) in [7, 11) is 0. The fourth-order valence-electron chi connectivity index (χ4n) is 2.37. The van der Waals surface area contributed by atoms with E-state index in [9.17, 15) is 20.0 Å². The number of rotatable bonds is 8. The first-order valence-electron chi connectivity index (χ1n) is 8.02. The van der Waals surface area contributed by atoms with Crippen LogP contribution in [0.15, 0.2) is 48.5 Å². The molecule has 0 aliphatic heterocycles. The van der Waals surface area contributed by atoms with E-state index in [1.54, 1.807) is 37.3 Å². The average Bonchev–Trinajstić information content (AvgIpc) is 2.59. The molecule has 0 aliphatic carbocycles. The summed E-state index contributed by atoms with van der Waals surface area (Å²) in [6.07, 6.45) is 0.286. The molecule has 0 spiro atoms. The predicted octanol–water partition coefficient (Wildman–Crippen LogP) is 3.48. The molecule has 2 aromatic carbocycles. The molecule has 0 aliphatic rings. The quantitative estimate of drug-likeness (QED) is 0.387. The van der Waals surface area contributed by atoms with Crippen LogP contribution in [0.4, 0.5) is 17.1 Å². The Hall–Kier alpha value is -2.93. The van der Waals surface area contributed by atoms with Crippen LogP contribution in [0.3, 0.4) is 0 Å². The number of non-ortho nitro benzene ring substituents is 1. The Kier molecular flexibility index (Phi) is 6.47. The number of nitro groups is 1. The number of para-hydroxylation sites is 1. The minimum Gasteiger partial charge on any atom is -0.389 e. The summed E-state index contributed by atoms with van der Waals surface area (Å²) in [5.41, 5.74) is 2.11. The smallest absolute Gasteiger partial charge is 0.269 e. The molecule has 7 heteroatoms.